The standard InChI is InChI=1S/C18H14N6/c1-13-12-14(8-9-15(13)16-6-2-4-10-19-16)24-22-18(21-23-24)17-7-3-5-11-20-17/h2-12H,1H3. The van der Waals surface area contributed by atoms with Crippen molar-refractivity contribution in [3.8, 4) is 28.5 Å². The summed E-state index contributed by atoms with van der Waals surface area (Å²) in [5.74, 6) is 0.502. The molecule has 0 bridgehead atoms. The van der Waals surface area contributed by atoms with Crippen LogP contribution in [0.5, 0.6) is 0 Å². The number of pyridine rings is 2. The smallest absolute Gasteiger partial charge is 0.223 e. The number of aryl methyl sites for hydroxylation is 1. The van der Waals surface area contributed by atoms with Gasteiger partial charge in [-0.25, -0.2) is 0 Å². The number of hydrogen-bond acceptors (Lipinski definition) is 5. The molecule has 0 fully saturated rings. The molecule has 6 nitrogen and oxygen atoms in total. The van der Waals surface area contributed by atoms with E-state index < -0.39 is 0 Å². The number of nitrogens with zero attached hydrogens (tertiary/aromatic N) is 6. The Kier molecular flexibility index (Phi) is 3.55. The quantitative estimate of drug-likeness (QED) is 0.581. The fourth-order valence-corrected chi connectivity index (χ4v) is 2.50. The van der Waals surface area contributed by atoms with Crippen LogP contribution in [0.3, 0.4) is 0 Å². The van der Waals surface area contributed by atoms with E-state index in [0.29, 0.717) is 11.5 Å². The van der Waals surface area contributed by atoms with Crippen molar-refractivity contribution in [3.05, 3.63) is 72.6 Å². The van der Waals surface area contributed by atoms with E-state index in [9.17, 15) is 0 Å². The second kappa shape index (κ2) is 6.00. The van der Waals surface area contributed by atoms with E-state index in [-0.39, 0.29) is 0 Å². The van der Waals surface area contributed by atoms with Crippen molar-refractivity contribution in [1.82, 2.24) is 30.2 Å². The van der Waals surface area contributed by atoms with Gasteiger partial charge in [0.05, 0.1) is 11.4 Å². The average molecular weight is 314 g/mol. The lowest BCUT2D eigenvalue weighted by molar-refractivity contribution is 0.719. The van der Waals surface area contributed by atoms with Gasteiger partial charge in [0.2, 0.25) is 5.82 Å². The summed E-state index contributed by atoms with van der Waals surface area (Å²) in [6.45, 7) is 2.05. The molecule has 6 heteroatoms. The van der Waals surface area contributed by atoms with Gasteiger partial charge in [0.25, 0.3) is 0 Å². The Morgan fingerprint density at radius 1 is 0.833 bits per heavy atom. The minimum Gasteiger partial charge on any atom is -0.256 e. The highest BCUT2D eigenvalue weighted by Crippen LogP contribution is 2.23. The molecule has 24 heavy (non-hydrogen) atoms. The monoisotopic (exact) mass is 314 g/mol. The van der Waals surface area contributed by atoms with E-state index in [0.717, 1.165) is 22.5 Å². The zero-order valence-electron chi connectivity index (χ0n) is 13.0. The number of aromatic nitrogens is 6. The molecule has 0 radical (unpaired) electrons. The Morgan fingerprint density at radius 3 is 2.25 bits per heavy atom. The molecule has 3 aromatic heterocycles. The van der Waals surface area contributed by atoms with Crippen LogP contribution >= 0.6 is 0 Å². The van der Waals surface area contributed by atoms with E-state index >= 15 is 0 Å². The van der Waals surface area contributed by atoms with Gasteiger partial charge in [0.1, 0.15) is 5.69 Å². The van der Waals surface area contributed by atoms with Crippen LogP contribution in [0.25, 0.3) is 28.5 Å². The van der Waals surface area contributed by atoms with Crippen molar-refractivity contribution in [2.24, 2.45) is 0 Å². The highest BCUT2D eigenvalue weighted by molar-refractivity contribution is 5.65. The van der Waals surface area contributed by atoms with Gasteiger partial charge in [-0.2, -0.15) is 0 Å². The molecular weight excluding hydrogens is 300 g/mol. The van der Waals surface area contributed by atoms with Crippen LogP contribution < -0.4 is 0 Å². The molecule has 0 atom stereocenters. The lowest BCUT2D eigenvalue weighted by atomic mass is 10.0. The first-order valence-electron chi connectivity index (χ1n) is 7.55. The first-order chi connectivity index (χ1) is 11.8. The van der Waals surface area contributed by atoms with Gasteiger partial charge in [-0.15, -0.1) is 15.0 Å². The molecule has 0 aliphatic carbocycles. The van der Waals surface area contributed by atoms with Crippen LogP contribution in [-0.4, -0.2) is 30.2 Å². The van der Waals surface area contributed by atoms with Gasteiger partial charge in [-0.1, -0.05) is 18.2 Å². The van der Waals surface area contributed by atoms with Crippen molar-refractivity contribution in [2.75, 3.05) is 0 Å². The van der Waals surface area contributed by atoms with Crippen molar-refractivity contribution in [1.29, 1.82) is 0 Å². The number of hydrogen-bond donors (Lipinski definition) is 0. The molecule has 3 heterocycles. The highest BCUT2D eigenvalue weighted by Gasteiger charge is 2.10. The molecule has 0 amide bonds. The van der Waals surface area contributed by atoms with Gasteiger partial charge in [0, 0.05) is 18.0 Å². The molecular formula is C18H14N6. The lowest BCUT2D eigenvalue weighted by Crippen LogP contribution is -2.00. The maximum Gasteiger partial charge on any atom is 0.223 e. The van der Waals surface area contributed by atoms with Crippen molar-refractivity contribution in [2.45, 2.75) is 6.92 Å². The number of benzene rings is 1. The first kappa shape index (κ1) is 14.2. The summed E-state index contributed by atoms with van der Waals surface area (Å²) in [6, 6.07) is 17.5. The Labute approximate surface area is 138 Å². The Bertz CT molecular complexity index is 963. The van der Waals surface area contributed by atoms with Crippen LogP contribution in [0, 0.1) is 6.92 Å². The molecule has 0 saturated heterocycles. The molecule has 0 unspecified atom stereocenters. The third-order valence-electron chi connectivity index (χ3n) is 3.69. The summed E-state index contributed by atoms with van der Waals surface area (Å²) in [5.41, 5.74) is 4.68. The maximum absolute atomic E-state index is 4.41. The normalized spacial score (nSPS) is 10.7. The fraction of sp³-hybridized carbons (Fsp3) is 0.0556. The summed E-state index contributed by atoms with van der Waals surface area (Å²) < 4.78 is 0. The second-order valence-corrected chi connectivity index (χ2v) is 5.33. The molecule has 1 aromatic carbocycles. The van der Waals surface area contributed by atoms with Crippen LogP contribution in [0.1, 0.15) is 5.56 Å². The Balaban J connectivity index is 1.69. The van der Waals surface area contributed by atoms with Crippen molar-refractivity contribution < 1.29 is 0 Å². The van der Waals surface area contributed by atoms with E-state index in [2.05, 4.69) is 25.4 Å². The summed E-state index contributed by atoms with van der Waals surface area (Å²) >= 11 is 0. The van der Waals surface area contributed by atoms with E-state index in [1.807, 2.05) is 61.5 Å². The predicted molar refractivity (Wildman–Crippen MR) is 90.4 cm³/mol. The first-order valence-corrected chi connectivity index (χ1v) is 7.55. The summed E-state index contributed by atoms with van der Waals surface area (Å²) in [4.78, 5) is 10.2. The van der Waals surface area contributed by atoms with Gasteiger partial charge in [0.15, 0.2) is 0 Å². The zero-order valence-corrected chi connectivity index (χ0v) is 13.0. The van der Waals surface area contributed by atoms with Gasteiger partial charge >= 0.3 is 0 Å². The van der Waals surface area contributed by atoms with E-state index in [1.165, 1.54) is 4.80 Å². The topological polar surface area (TPSA) is 69.4 Å². The third kappa shape index (κ3) is 2.65. The molecule has 4 rings (SSSR count). The summed E-state index contributed by atoms with van der Waals surface area (Å²) in [7, 11) is 0. The summed E-state index contributed by atoms with van der Waals surface area (Å²) in [6.07, 6.45) is 3.50. The highest BCUT2D eigenvalue weighted by atomic mass is 15.6. The second-order valence-electron chi connectivity index (χ2n) is 5.33. The van der Waals surface area contributed by atoms with Crippen molar-refractivity contribution >= 4 is 0 Å². The maximum atomic E-state index is 4.41. The lowest BCUT2D eigenvalue weighted by Gasteiger charge is -2.07. The molecule has 4 aromatic rings. The van der Waals surface area contributed by atoms with Gasteiger partial charge < -0.3 is 0 Å². The van der Waals surface area contributed by atoms with Crippen LogP contribution in [0.2, 0.25) is 0 Å². The average Bonchev–Trinajstić information content (AvgIpc) is 3.13. The minimum absolute atomic E-state index is 0.502. The van der Waals surface area contributed by atoms with Crippen LogP contribution in [-0.2, 0) is 0 Å². The molecule has 0 aliphatic rings. The van der Waals surface area contributed by atoms with Crippen LogP contribution in [0.15, 0.2) is 67.0 Å². The summed E-state index contributed by atoms with van der Waals surface area (Å²) in [5, 5.41) is 12.6. The minimum atomic E-state index is 0.502. The Hall–Kier alpha value is -3.41. The molecule has 0 spiro atoms. The van der Waals surface area contributed by atoms with E-state index in [4.69, 9.17) is 0 Å². The molecule has 0 aliphatic heterocycles. The molecule has 0 saturated carbocycles. The Morgan fingerprint density at radius 2 is 1.58 bits per heavy atom. The largest absolute Gasteiger partial charge is 0.256 e. The van der Waals surface area contributed by atoms with Crippen LogP contribution in [0.4, 0.5) is 0 Å². The fourth-order valence-electron chi connectivity index (χ4n) is 2.50. The van der Waals surface area contributed by atoms with Gasteiger partial charge in [-0.05, 0) is 54.1 Å². The third-order valence-corrected chi connectivity index (χ3v) is 3.69. The molecule has 0 N–H and O–H groups in total. The van der Waals surface area contributed by atoms with E-state index in [1.54, 1.807) is 12.4 Å². The zero-order chi connectivity index (χ0) is 16.4. The SMILES string of the molecule is Cc1cc(-n2nnc(-c3ccccn3)n2)ccc1-c1ccccn1. The number of rotatable bonds is 3. The van der Waals surface area contributed by atoms with Gasteiger partial charge in [-0.3, -0.25) is 9.97 Å². The predicted octanol–water partition coefficient (Wildman–Crippen LogP) is 3.09. The van der Waals surface area contributed by atoms with Crippen molar-refractivity contribution in [3.63, 3.8) is 0 Å². The molecule has 116 valence electrons. The number of tetrazole rings is 1.